The summed E-state index contributed by atoms with van der Waals surface area (Å²) < 4.78 is 11.2. The Balaban J connectivity index is 0.000000205. The topological polar surface area (TPSA) is 53.4 Å². The first-order valence-electron chi connectivity index (χ1n) is 6.48. The zero-order chi connectivity index (χ0) is 14.4. The summed E-state index contributed by atoms with van der Waals surface area (Å²) in [6.07, 6.45) is 1.67. The van der Waals surface area contributed by atoms with Crippen molar-refractivity contribution < 1.29 is 9.47 Å². The highest BCUT2D eigenvalue weighted by Gasteiger charge is 2.02. The maximum absolute atomic E-state index is 11.8. The normalized spacial score (nSPS) is 14.4. The number of nitrogens with zero attached hydrogens (tertiary/aromatic N) is 2. The van der Waals surface area contributed by atoms with E-state index in [4.69, 9.17) is 9.47 Å². The van der Waals surface area contributed by atoms with Gasteiger partial charge in [-0.1, -0.05) is 24.8 Å². The van der Waals surface area contributed by atoms with Gasteiger partial charge in [0.25, 0.3) is 5.56 Å². The molecule has 106 valence electrons. The Morgan fingerprint density at radius 2 is 1.80 bits per heavy atom. The second kappa shape index (κ2) is 6.98. The van der Waals surface area contributed by atoms with E-state index in [0.29, 0.717) is 11.1 Å². The van der Waals surface area contributed by atoms with Crippen molar-refractivity contribution in [3.8, 4) is 0 Å². The highest BCUT2D eigenvalue weighted by atomic mass is 16.6. The van der Waals surface area contributed by atoms with Crippen LogP contribution in [0.15, 0.2) is 41.8 Å². The molecule has 1 aromatic carbocycles. The molecule has 0 atom stereocenters. The van der Waals surface area contributed by atoms with Gasteiger partial charge in [0.2, 0.25) is 0 Å². The summed E-state index contributed by atoms with van der Waals surface area (Å²) in [5.74, 6) is 0. The van der Waals surface area contributed by atoms with Crippen LogP contribution >= 0.6 is 0 Å². The Labute approximate surface area is 117 Å². The molecule has 20 heavy (non-hydrogen) atoms. The lowest BCUT2D eigenvalue weighted by Crippen LogP contribution is -2.20. The Hall–Kier alpha value is -1.98. The molecule has 0 bridgehead atoms. The maximum atomic E-state index is 11.8. The number of hydrogen-bond acceptors (Lipinski definition) is 4. The van der Waals surface area contributed by atoms with Gasteiger partial charge in [0.05, 0.1) is 38.0 Å². The number of benzene rings is 1. The van der Waals surface area contributed by atoms with Crippen LogP contribution in [-0.2, 0) is 9.47 Å². The van der Waals surface area contributed by atoms with E-state index in [9.17, 15) is 4.79 Å². The van der Waals surface area contributed by atoms with Crippen molar-refractivity contribution in [2.75, 3.05) is 26.4 Å². The fourth-order valence-corrected chi connectivity index (χ4v) is 1.80. The minimum Gasteiger partial charge on any atom is -0.377 e. The van der Waals surface area contributed by atoms with E-state index in [2.05, 4.69) is 11.7 Å². The molecule has 5 nitrogen and oxygen atoms in total. The van der Waals surface area contributed by atoms with Crippen molar-refractivity contribution in [1.82, 2.24) is 9.78 Å². The molecule has 2 aromatic rings. The second-order valence-electron chi connectivity index (χ2n) is 4.41. The Bertz CT molecular complexity index is 633. The first-order valence-corrected chi connectivity index (χ1v) is 6.48. The van der Waals surface area contributed by atoms with Crippen LogP contribution in [0.25, 0.3) is 16.5 Å². The van der Waals surface area contributed by atoms with Gasteiger partial charge in [-0.25, -0.2) is 4.68 Å². The fraction of sp³-hybridized carbons (Fsp3) is 0.333. The van der Waals surface area contributed by atoms with Gasteiger partial charge >= 0.3 is 0 Å². The van der Waals surface area contributed by atoms with E-state index in [1.807, 2.05) is 18.2 Å². The number of allylic oxidation sites excluding steroid dienone is 1. The number of fused-ring (bicyclic) bond motifs is 1. The van der Waals surface area contributed by atoms with Gasteiger partial charge < -0.3 is 9.47 Å². The predicted molar refractivity (Wildman–Crippen MR) is 78.6 cm³/mol. The zero-order valence-electron chi connectivity index (χ0n) is 11.5. The molecule has 1 aromatic heterocycles. The summed E-state index contributed by atoms with van der Waals surface area (Å²) in [5.41, 5.74) is 0.511. The first kappa shape index (κ1) is 14.4. The smallest absolute Gasteiger partial charge is 0.279 e. The molecular weight excluding hydrogens is 256 g/mol. The van der Waals surface area contributed by atoms with Crippen molar-refractivity contribution in [2.45, 2.75) is 6.92 Å². The Morgan fingerprint density at radius 1 is 1.20 bits per heavy atom. The lowest BCUT2D eigenvalue weighted by molar-refractivity contribution is -0.0334. The Morgan fingerprint density at radius 3 is 2.35 bits per heavy atom. The summed E-state index contributed by atoms with van der Waals surface area (Å²) in [6.45, 7) is 8.56. The van der Waals surface area contributed by atoms with Crippen molar-refractivity contribution in [3.05, 3.63) is 47.4 Å². The van der Waals surface area contributed by atoms with E-state index in [0.717, 1.165) is 31.8 Å². The van der Waals surface area contributed by atoms with Crippen LogP contribution in [0.3, 0.4) is 0 Å². The molecule has 0 spiro atoms. The van der Waals surface area contributed by atoms with Crippen molar-refractivity contribution >= 4 is 16.5 Å². The molecule has 1 fully saturated rings. The quantitative estimate of drug-likeness (QED) is 0.797. The SMILES string of the molecule is C1COCCO1.C=C(C)n1ncc2ccccc2c1=O. The van der Waals surface area contributed by atoms with Gasteiger partial charge in [-0.3, -0.25) is 4.79 Å². The second-order valence-corrected chi connectivity index (χ2v) is 4.41. The number of hydrogen-bond donors (Lipinski definition) is 0. The summed E-state index contributed by atoms with van der Waals surface area (Å²) in [4.78, 5) is 11.8. The van der Waals surface area contributed by atoms with E-state index in [1.165, 1.54) is 4.68 Å². The molecule has 3 rings (SSSR count). The molecular formula is C15H18N2O3. The summed E-state index contributed by atoms with van der Waals surface area (Å²) in [7, 11) is 0. The molecule has 1 aliphatic heterocycles. The van der Waals surface area contributed by atoms with Crippen LogP contribution in [0.2, 0.25) is 0 Å². The lowest BCUT2D eigenvalue weighted by Gasteiger charge is -2.09. The van der Waals surface area contributed by atoms with Gasteiger partial charge in [0.15, 0.2) is 0 Å². The van der Waals surface area contributed by atoms with Gasteiger partial charge in [0.1, 0.15) is 0 Å². The highest BCUT2D eigenvalue weighted by molar-refractivity contribution is 5.80. The average molecular weight is 274 g/mol. The van der Waals surface area contributed by atoms with Crippen molar-refractivity contribution in [3.63, 3.8) is 0 Å². The molecule has 0 saturated carbocycles. The molecule has 0 aliphatic carbocycles. The van der Waals surface area contributed by atoms with Crippen LogP contribution < -0.4 is 5.56 Å². The van der Waals surface area contributed by atoms with E-state index in [-0.39, 0.29) is 5.56 Å². The van der Waals surface area contributed by atoms with Gasteiger partial charge in [-0.05, 0) is 13.0 Å². The molecule has 5 heteroatoms. The third kappa shape index (κ3) is 3.53. The monoisotopic (exact) mass is 274 g/mol. The largest absolute Gasteiger partial charge is 0.377 e. The fourth-order valence-electron chi connectivity index (χ4n) is 1.80. The number of rotatable bonds is 1. The first-order chi connectivity index (χ1) is 9.70. The average Bonchev–Trinajstić information content (AvgIpc) is 2.50. The molecule has 0 amide bonds. The van der Waals surface area contributed by atoms with Crippen LogP contribution in [0.1, 0.15) is 6.92 Å². The van der Waals surface area contributed by atoms with Crippen LogP contribution in [0, 0.1) is 0 Å². The molecule has 0 unspecified atom stereocenters. The van der Waals surface area contributed by atoms with Crippen molar-refractivity contribution in [2.24, 2.45) is 0 Å². The van der Waals surface area contributed by atoms with Crippen LogP contribution in [0.5, 0.6) is 0 Å². The maximum Gasteiger partial charge on any atom is 0.279 e. The van der Waals surface area contributed by atoms with E-state index < -0.39 is 0 Å². The van der Waals surface area contributed by atoms with Gasteiger partial charge in [0, 0.05) is 11.1 Å². The molecule has 1 saturated heterocycles. The van der Waals surface area contributed by atoms with Gasteiger partial charge in [-0.15, -0.1) is 0 Å². The zero-order valence-corrected chi connectivity index (χ0v) is 11.5. The third-order valence-corrected chi connectivity index (χ3v) is 2.80. The van der Waals surface area contributed by atoms with Gasteiger partial charge in [-0.2, -0.15) is 5.10 Å². The Kier molecular flexibility index (Phi) is 5.03. The van der Waals surface area contributed by atoms with E-state index >= 15 is 0 Å². The standard InChI is InChI=1S/C11H10N2O.C4H8O2/c1-8(2)13-11(14)10-6-4-3-5-9(10)7-12-13;1-2-6-4-3-5-1/h3-7H,1H2,2H3;1-4H2. The summed E-state index contributed by atoms with van der Waals surface area (Å²) >= 11 is 0. The number of ether oxygens (including phenoxy) is 2. The van der Waals surface area contributed by atoms with Crippen molar-refractivity contribution in [1.29, 1.82) is 0 Å². The summed E-state index contributed by atoms with van der Waals surface area (Å²) in [5, 5.41) is 5.54. The van der Waals surface area contributed by atoms with E-state index in [1.54, 1.807) is 19.2 Å². The predicted octanol–water partition coefficient (Wildman–Crippen LogP) is 1.92. The molecule has 1 aliphatic rings. The minimum atomic E-state index is -0.115. The third-order valence-electron chi connectivity index (χ3n) is 2.80. The number of aromatic nitrogens is 2. The molecule has 0 N–H and O–H groups in total. The van der Waals surface area contributed by atoms with Crippen LogP contribution in [0.4, 0.5) is 0 Å². The highest BCUT2D eigenvalue weighted by Crippen LogP contribution is 2.07. The summed E-state index contributed by atoms with van der Waals surface area (Å²) in [6, 6.07) is 7.38. The minimum absolute atomic E-state index is 0.115. The molecule has 0 radical (unpaired) electrons. The lowest BCUT2D eigenvalue weighted by atomic mass is 10.2. The van der Waals surface area contributed by atoms with Crippen LogP contribution in [-0.4, -0.2) is 36.2 Å². The molecule has 2 heterocycles.